The van der Waals surface area contributed by atoms with Gasteiger partial charge in [0.1, 0.15) is 6.04 Å². The Morgan fingerprint density at radius 1 is 1.62 bits per heavy atom. The van der Waals surface area contributed by atoms with Crippen molar-refractivity contribution < 1.29 is 19.0 Å². The van der Waals surface area contributed by atoms with Gasteiger partial charge in [-0.25, -0.2) is 0 Å². The fourth-order valence-electron chi connectivity index (χ4n) is 1.31. The molecule has 1 rings (SSSR count). The van der Waals surface area contributed by atoms with Gasteiger partial charge in [-0.2, -0.15) is 0 Å². The number of carbonyl (C=O) groups excluding carboxylic acids is 1. The van der Waals surface area contributed by atoms with Gasteiger partial charge in [0.05, 0.1) is 20.3 Å². The Bertz CT molecular complexity index is 189. The molecule has 0 unspecified atom stereocenters. The van der Waals surface area contributed by atoms with Gasteiger partial charge in [-0.05, 0) is 6.92 Å². The molecule has 0 aliphatic carbocycles. The van der Waals surface area contributed by atoms with E-state index in [0.717, 1.165) is 0 Å². The van der Waals surface area contributed by atoms with Crippen LogP contribution in [0.2, 0.25) is 0 Å². The van der Waals surface area contributed by atoms with Crippen molar-refractivity contribution in [3.8, 4) is 0 Å². The molecule has 0 aromatic heterocycles. The van der Waals surface area contributed by atoms with Crippen molar-refractivity contribution in [1.29, 1.82) is 0 Å². The van der Waals surface area contributed by atoms with Gasteiger partial charge in [-0.3, -0.25) is 4.79 Å². The normalized spacial score (nSPS) is 22.7. The summed E-state index contributed by atoms with van der Waals surface area (Å²) in [6.45, 7) is 2.86. The first-order valence-electron chi connectivity index (χ1n) is 4.19. The Hall–Kier alpha value is -0.650. The molecule has 0 aromatic rings. The smallest absolute Gasteiger partial charge is 0.322 e. The van der Waals surface area contributed by atoms with E-state index >= 15 is 0 Å². The van der Waals surface area contributed by atoms with E-state index in [2.05, 4.69) is 4.74 Å². The fraction of sp³-hybridized carbons (Fsp3) is 0.875. The van der Waals surface area contributed by atoms with Crippen molar-refractivity contribution >= 4 is 5.97 Å². The summed E-state index contributed by atoms with van der Waals surface area (Å²) in [4.78, 5) is 11.0. The molecule has 0 aromatic carbocycles. The summed E-state index contributed by atoms with van der Waals surface area (Å²) >= 11 is 0. The van der Waals surface area contributed by atoms with E-state index in [1.165, 1.54) is 7.11 Å². The van der Waals surface area contributed by atoms with Crippen molar-refractivity contribution in [2.24, 2.45) is 5.73 Å². The minimum absolute atomic E-state index is 0.319. The molecule has 13 heavy (non-hydrogen) atoms. The molecule has 1 aliphatic rings. The van der Waals surface area contributed by atoms with Crippen LogP contribution < -0.4 is 5.73 Å². The predicted octanol–water partition coefficient (Wildman–Crippen LogP) is -0.360. The number of hydrogen-bond donors (Lipinski definition) is 1. The van der Waals surface area contributed by atoms with Crippen molar-refractivity contribution in [2.45, 2.75) is 25.2 Å². The maximum atomic E-state index is 11.0. The number of rotatable bonds is 3. The van der Waals surface area contributed by atoms with Crippen molar-refractivity contribution in [1.82, 2.24) is 0 Å². The Kier molecular flexibility index (Phi) is 3.24. The van der Waals surface area contributed by atoms with Crippen LogP contribution in [0.5, 0.6) is 0 Å². The number of hydrogen-bond acceptors (Lipinski definition) is 5. The largest absolute Gasteiger partial charge is 0.468 e. The van der Waals surface area contributed by atoms with E-state index < -0.39 is 17.8 Å². The second kappa shape index (κ2) is 4.04. The van der Waals surface area contributed by atoms with Crippen LogP contribution >= 0.6 is 0 Å². The molecule has 76 valence electrons. The SMILES string of the molecule is COC(=O)[C@@H](N)CC1(C)OCCO1. The zero-order valence-electron chi connectivity index (χ0n) is 7.91. The maximum absolute atomic E-state index is 11.0. The molecule has 1 saturated heterocycles. The van der Waals surface area contributed by atoms with Gasteiger partial charge in [0, 0.05) is 6.42 Å². The third-order valence-corrected chi connectivity index (χ3v) is 1.99. The van der Waals surface area contributed by atoms with Crippen LogP contribution in [0.4, 0.5) is 0 Å². The molecule has 0 saturated carbocycles. The number of ether oxygens (including phenoxy) is 3. The van der Waals surface area contributed by atoms with Crippen molar-refractivity contribution in [3.63, 3.8) is 0 Å². The number of esters is 1. The first-order chi connectivity index (χ1) is 6.07. The average molecular weight is 189 g/mol. The minimum atomic E-state index is -0.729. The second-order valence-electron chi connectivity index (χ2n) is 3.16. The lowest BCUT2D eigenvalue weighted by Gasteiger charge is -2.24. The highest BCUT2D eigenvalue weighted by Crippen LogP contribution is 2.23. The molecular weight excluding hydrogens is 174 g/mol. The third kappa shape index (κ3) is 2.65. The van der Waals surface area contributed by atoms with Gasteiger partial charge < -0.3 is 19.9 Å². The molecule has 1 aliphatic heterocycles. The highest BCUT2D eigenvalue weighted by atomic mass is 16.7. The molecule has 0 bridgehead atoms. The Labute approximate surface area is 77.1 Å². The summed E-state index contributed by atoms with van der Waals surface area (Å²) in [7, 11) is 1.31. The first-order valence-corrected chi connectivity index (χ1v) is 4.19. The molecular formula is C8H15NO4. The number of methoxy groups -OCH3 is 1. The molecule has 1 atom stereocenters. The second-order valence-corrected chi connectivity index (χ2v) is 3.16. The lowest BCUT2D eigenvalue weighted by atomic mass is 10.1. The molecule has 2 N–H and O–H groups in total. The summed E-state index contributed by atoms with van der Waals surface area (Å²) in [6, 6.07) is -0.687. The van der Waals surface area contributed by atoms with Gasteiger partial charge in [0.2, 0.25) is 0 Å². The van der Waals surface area contributed by atoms with Gasteiger partial charge in [-0.15, -0.1) is 0 Å². The molecule has 5 heteroatoms. The van der Waals surface area contributed by atoms with Crippen LogP contribution in [0.15, 0.2) is 0 Å². The molecule has 0 spiro atoms. The van der Waals surface area contributed by atoms with Gasteiger partial charge in [-0.1, -0.05) is 0 Å². The summed E-state index contributed by atoms with van der Waals surface area (Å²) in [6.07, 6.45) is 0.319. The Balaban J connectivity index is 2.42. The molecule has 5 nitrogen and oxygen atoms in total. The van der Waals surface area contributed by atoms with Crippen LogP contribution in [0, 0.1) is 0 Å². The van der Waals surface area contributed by atoms with E-state index in [9.17, 15) is 4.79 Å². The molecule has 0 amide bonds. The number of carbonyl (C=O) groups is 1. The molecule has 1 fully saturated rings. The van der Waals surface area contributed by atoms with E-state index in [-0.39, 0.29) is 0 Å². The van der Waals surface area contributed by atoms with E-state index in [1.807, 2.05) is 0 Å². The van der Waals surface area contributed by atoms with Crippen LogP contribution in [0.3, 0.4) is 0 Å². The summed E-state index contributed by atoms with van der Waals surface area (Å²) in [5.41, 5.74) is 5.56. The third-order valence-electron chi connectivity index (χ3n) is 1.99. The monoisotopic (exact) mass is 189 g/mol. The van der Waals surface area contributed by atoms with Crippen LogP contribution in [-0.4, -0.2) is 38.1 Å². The fourth-order valence-corrected chi connectivity index (χ4v) is 1.31. The number of nitrogens with two attached hydrogens (primary N) is 1. The quantitative estimate of drug-likeness (QED) is 0.614. The highest BCUT2D eigenvalue weighted by molar-refractivity contribution is 5.75. The zero-order chi connectivity index (χ0) is 9.90. The van der Waals surface area contributed by atoms with E-state index in [1.54, 1.807) is 6.92 Å². The molecule has 1 heterocycles. The van der Waals surface area contributed by atoms with Gasteiger partial charge in [0.25, 0.3) is 0 Å². The molecule has 0 radical (unpaired) electrons. The van der Waals surface area contributed by atoms with E-state index in [4.69, 9.17) is 15.2 Å². The summed E-state index contributed by atoms with van der Waals surface area (Å²) < 4.78 is 15.1. The van der Waals surface area contributed by atoms with Crippen LogP contribution in [0.1, 0.15) is 13.3 Å². The average Bonchev–Trinajstić information content (AvgIpc) is 2.50. The topological polar surface area (TPSA) is 70.8 Å². The van der Waals surface area contributed by atoms with Crippen LogP contribution in [-0.2, 0) is 19.0 Å². The van der Waals surface area contributed by atoms with Crippen LogP contribution in [0.25, 0.3) is 0 Å². The minimum Gasteiger partial charge on any atom is -0.468 e. The van der Waals surface area contributed by atoms with Crippen molar-refractivity contribution in [3.05, 3.63) is 0 Å². The lowest BCUT2D eigenvalue weighted by molar-refractivity contribution is -0.162. The highest BCUT2D eigenvalue weighted by Gasteiger charge is 2.35. The standard InChI is InChI=1S/C8H15NO4/c1-8(12-3-4-13-8)5-6(9)7(10)11-2/h6H,3-5,9H2,1-2H3/t6-/m0/s1. The van der Waals surface area contributed by atoms with Gasteiger partial charge >= 0.3 is 5.97 Å². The Morgan fingerprint density at radius 3 is 2.62 bits per heavy atom. The predicted molar refractivity (Wildman–Crippen MR) is 44.9 cm³/mol. The van der Waals surface area contributed by atoms with E-state index in [0.29, 0.717) is 19.6 Å². The summed E-state index contributed by atoms with van der Waals surface area (Å²) in [5, 5.41) is 0. The first kappa shape index (κ1) is 10.4. The maximum Gasteiger partial charge on any atom is 0.322 e. The van der Waals surface area contributed by atoms with Gasteiger partial charge in [0.15, 0.2) is 5.79 Å². The zero-order valence-corrected chi connectivity index (χ0v) is 7.91. The lowest BCUT2D eigenvalue weighted by Crippen LogP contribution is -2.40. The summed E-state index contributed by atoms with van der Waals surface area (Å²) in [5.74, 6) is -1.17. The van der Waals surface area contributed by atoms with Crippen molar-refractivity contribution in [2.75, 3.05) is 20.3 Å². The Morgan fingerprint density at radius 2 is 2.15 bits per heavy atom.